The van der Waals surface area contributed by atoms with Crippen molar-refractivity contribution in [1.82, 2.24) is 10.2 Å². The Labute approximate surface area is 84.4 Å². The molecule has 0 spiro atoms. The monoisotopic (exact) mass is 239 g/mol. The average molecular weight is 240 g/mol. The van der Waals surface area contributed by atoms with Crippen molar-refractivity contribution in [1.29, 1.82) is 0 Å². The van der Waals surface area contributed by atoms with Gasteiger partial charge >= 0.3 is 0 Å². The molecule has 2 aromatic rings. The maximum atomic E-state index is 5.52. The molecule has 0 aliphatic carbocycles. The molecule has 13 heavy (non-hydrogen) atoms. The first-order valence-corrected chi connectivity index (χ1v) is 4.94. The summed E-state index contributed by atoms with van der Waals surface area (Å²) in [6, 6.07) is 6.06. The molecule has 0 aliphatic rings. The maximum absolute atomic E-state index is 5.52. The molecule has 3 N–H and O–H groups in total. The lowest BCUT2D eigenvalue weighted by atomic mass is 10.1. The molecule has 1 aromatic heterocycles. The number of benzene rings is 1. The van der Waals surface area contributed by atoms with E-state index in [4.69, 9.17) is 5.73 Å². The van der Waals surface area contributed by atoms with Crippen LogP contribution in [0.3, 0.4) is 0 Å². The van der Waals surface area contributed by atoms with Crippen LogP contribution in [0.5, 0.6) is 0 Å². The van der Waals surface area contributed by atoms with Crippen molar-refractivity contribution in [2.24, 2.45) is 5.73 Å². The lowest BCUT2D eigenvalue weighted by Crippen LogP contribution is -2.02. The zero-order chi connectivity index (χ0) is 9.26. The zero-order valence-electron chi connectivity index (χ0n) is 7.05. The number of nitrogens with zero attached hydrogens (tertiary/aromatic N) is 1. The molecule has 4 heteroatoms. The smallest absolute Gasteiger partial charge is 0.109 e. The molecule has 0 amide bonds. The highest BCUT2D eigenvalue weighted by Gasteiger charge is 2.06. The summed E-state index contributed by atoms with van der Waals surface area (Å²) in [6.07, 6.45) is 0.884. The minimum Gasteiger partial charge on any atom is -0.330 e. The summed E-state index contributed by atoms with van der Waals surface area (Å²) in [5, 5.41) is 8.20. The molecule has 0 radical (unpaired) electrons. The number of nitrogens with one attached hydrogen (secondary N) is 1. The lowest BCUT2D eigenvalue weighted by Gasteiger charge is -1.99. The third-order valence-corrected chi connectivity index (χ3v) is 2.61. The van der Waals surface area contributed by atoms with E-state index >= 15 is 0 Å². The molecule has 1 heterocycles. The summed E-state index contributed by atoms with van der Waals surface area (Å²) in [6.45, 7) is 0.663. The van der Waals surface area contributed by atoms with E-state index < -0.39 is 0 Å². The van der Waals surface area contributed by atoms with Gasteiger partial charge in [0, 0.05) is 5.39 Å². The van der Waals surface area contributed by atoms with Gasteiger partial charge in [-0.2, -0.15) is 5.10 Å². The van der Waals surface area contributed by atoms with E-state index in [1.165, 1.54) is 5.56 Å². The fourth-order valence-corrected chi connectivity index (χ4v) is 2.01. The highest BCUT2D eigenvalue weighted by Crippen LogP contribution is 2.24. The van der Waals surface area contributed by atoms with Crippen LogP contribution in [0.4, 0.5) is 0 Å². The van der Waals surface area contributed by atoms with Gasteiger partial charge in [-0.1, -0.05) is 12.1 Å². The second kappa shape index (κ2) is 3.47. The summed E-state index contributed by atoms with van der Waals surface area (Å²) < 4.78 is 0.937. The van der Waals surface area contributed by atoms with Gasteiger partial charge < -0.3 is 5.73 Å². The van der Waals surface area contributed by atoms with Gasteiger partial charge in [0.15, 0.2) is 0 Å². The fraction of sp³-hybridized carbons (Fsp3) is 0.222. The standard InChI is InChI=1S/C9H10BrN3/c10-9-8-6(4-5-11)2-1-3-7(8)12-13-9/h1-3H,4-5,11H2,(H,12,13). The van der Waals surface area contributed by atoms with Crippen molar-refractivity contribution in [3.8, 4) is 0 Å². The van der Waals surface area contributed by atoms with Gasteiger partial charge in [0.25, 0.3) is 0 Å². The first-order chi connectivity index (χ1) is 6.33. The Kier molecular flexibility index (Phi) is 2.33. The fourth-order valence-electron chi connectivity index (χ4n) is 1.46. The van der Waals surface area contributed by atoms with Crippen molar-refractivity contribution in [3.05, 3.63) is 28.4 Å². The molecular formula is C9H10BrN3. The minimum atomic E-state index is 0.663. The van der Waals surface area contributed by atoms with Gasteiger partial charge in [0.2, 0.25) is 0 Å². The number of hydrogen-bond donors (Lipinski definition) is 2. The molecule has 1 aromatic carbocycles. The molecule has 0 unspecified atom stereocenters. The van der Waals surface area contributed by atoms with Gasteiger partial charge in [-0.3, -0.25) is 5.10 Å². The largest absolute Gasteiger partial charge is 0.330 e. The molecule has 0 fully saturated rings. The van der Waals surface area contributed by atoms with Gasteiger partial charge in [-0.25, -0.2) is 0 Å². The summed E-state index contributed by atoms with van der Waals surface area (Å²) in [4.78, 5) is 0. The molecule has 3 nitrogen and oxygen atoms in total. The van der Waals surface area contributed by atoms with E-state index in [2.05, 4.69) is 32.2 Å². The summed E-state index contributed by atoms with van der Waals surface area (Å²) in [7, 11) is 0. The number of halogens is 1. The molecule has 0 aliphatic heterocycles. The van der Waals surface area contributed by atoms with E-state index in [9.17, 15) is 0 Å². The number of aromatic nitrogens is 2. The van der Waals surface area contributed by atoms with E-state index in [0.717, 1.165) is 21.9 Å². The Morgan fingerprint density at radius 1 is 1.46 bits per heavy atom. The predicted molar refractivity (Wildman–Crippen MR) is 56.6 cm³/mol. The number of H-pyrrole nitrogens is 1. The Morgan fingerprint density at radius 3 is 3.08 bits per heavy atom. The van der Waals surface area contributed by atoms with Gasteiger partial charge in [0.1, 0.15) is 4.60 Å². The van der Waals surface area contributed by atoms with Gasteiger partial charge in [-0.05, 0) is 40.5 Å². The van der Waals surface area contributed by atoms with Crippen molar-refractivity contribution in [2.75, 3.05) is 6.54 Å². The average Bonchev–Trinajstić information content (AvgIpc) is 2.50. The summed E-state index contributed by atoms with van der Waals surface area (Å²) in [5.74, 6) is 0. The predicted octanol–water partition coefficient (Wildman–Crippen LogP) is 1.83. The number of aromatic amines is 1. The molecule has 0 saturated heterocycles. The number of fused-ring (bicyclic) bond motifs is 1. The quantitative estimate of drug-likeness (QED) is 0.841. The van der Waals surface area contributed by atoms with Gasteiger partial charge in [-0.15, -0.1) is 0 Å². The number of rotatable bonds is 2. The van der Waals surface area contributed by atoms with Crippen LogP contribution < -0.4 is 5.73 Å². The highest BCUT2D eigenvalue weighted by molar-refractivity contribution is 9.10. The van der Waals surface area contributed by atoms with Crippen molar-refractivity contribution in [3.63, 3.8) is 0 Å². The Morgan fingerprint density at radius 2 is 2.31 bits per heavy atom. The second-order valence-corrected chi connectivity index (χ2v) is 3.68. The van der Waals surface area contributed by atoms with Crippen molar-refractivity contribution >= 4 is 26.8 Å². The Bertz CT molecular complexity index is 422. The SMILES string of the molecule is NCCc1cccc2n[nH]c(Br)c12. The maximum Gasteiger partial charge on any atom is 0.109 e. The van der Waals surface area contributed by atoms with Crippen LogP contribution in [0.15, 0.2) is 22.8 Å². The zero-order valence-corrected chi connectivity index (χ0v) is 8.63. The molecule has 68 valence electrons. The highest BCUT2D eigenvalue weighted by atomic mass is 79.9. The topological polar surface area (TPSA) is 54.7 Å². The molecule has 2 rings (SSSR count). The van der Waals surface area contributed by atoms with Crippen LogP contribution in [0.2, 0.25) is 0 Å². The summed E-state index contributed by atoms with van der Waals surface area (Å²) in [5.41, 5.74) is 7.75. The molecule has 0 bridgehead atoms. The van der Waals surface area contributed by atoms with Crippen LogP contribution in [-0.2, 0) is 6.42 Å². The number of nitrogens with two attached hydrogens (primary N) is 1. The third kappa shape index (κ3) is 1.47. The normalized spacial score (nSPS) is 10.9. The van der Waals surface area contributed by atoms with Crippen LogP contribution in [0, 0.1) is 0 Å². The van der Waals surface area contributed by atoms with Crippen LogP contribution in [-0.4, -0.2) is 16.7 Å². The Balaban J connectivity index is 2.65. The third-order valence-electron chi connectivity index (χ3n) is 2.04. The van der Waals surface area contributed by atoms with E-state index in [0.29, 0.717) is 6.54 Å². The summed E-state index contributed by atoms with van der Waals surface area (Å²) >= 11 is 3.43. The minimum absolute atomic E-state index is 0.663. The first-order valence-electron chi connectivity index (χ1n) is 4.14. The van der Waals surface area contributed by atoms with E-state index in [1.54, 1.807) is 0 Å². The second-order valence-electron chi connectivity index (χ2n) is 2.89. The van der Waals surface area contributed by atoms with E-state index in [-0.39, 0.29) is 0 Å². The van der Waals surface area contributed by atoms with Crippen LogP contribution >= 0.6 is 15.9 Å². The lowest BCUT2D eigenvalue weighted by molar-refractivity contribution is 0.977. The molecular weight excluding hydrogens is 230 g/mol. The number of hydrogen-bond acceptors (Lipinski definition) is 2. The van der Waals surface area contributed by atoms with Crippen molar-refractivity contribution in [2.45, 2.75) is 6.42 Å². The van der Waals surface area contributed by atoms with Crippen LogP contribution in [0.25, 0.3) is 10.9 Å². The van der Waals surface area contributed by atoms with Crippen LogP contribution in [0.1, 0.15) is 5.56 Å². The molecule has 0 saturated carbocycles. The Hall–Kier alpha value is -0.870. The van der Waals surface area contributed by atoms with Gasteiger partial charge in [0.05, 0.1) is 5.52 Å². The van der Waals surface area contributed by atoms with Crippen molar-refractivity contribution < 1.29 is 0 Å². The first kappa shape index (κ1) is 8.72. The van der Waals surface area contributed by atoms with E-state index in [1.807, 2.05) is 12.1 Å². The molecule has 0 atom stereocenters.